The Morgan fingerprint density at radius 2 is 2.33 bits per heavy atom. The van der Waals surface area contributed by atoms with Crippen LogP contribution in [0.1, 0.15) is 6.92 Å². The molecule has 1 fully saturated rings. The van der Waals surface area contributed by atoms with Crippen LogP contribution >= 0.6 is 15.3 Å². The monoisotopic (exact) mass is 254 g/mol. The maximum absolute atomic E-state index is 11.1. The fraction of sp³-hybridized carbons (Fsp3) is 0.800. The number of carbonyl (C=O) groups excluding carboxylic acids is 1. The van der Waals surface area contributed by atoms with Gasteiger partial charge in [0.2, 0.25) is 0 Å². The zero-order valence-corrected chi connectivity index (χ0v) is 9.21. The summed E-state index contributed by atoms with van der Waals surface area (Å²) in [6.07, 6.45) is 0. The highest BCUT2D eigenvalue weighted by Gasteiger charge is 2.41. The van der Waals surface area contributed by atoms with E-state index in [1.165, 1.54) is 4.90 Å². The number of carbonyl (C=O) groups is 1. The lowest BCUT2D eigenvalue weighted by Crippen LogP contribution is -2.52. The maximum atomic E-state index is 11.1. The second-order valence-corrected chi connectivity index (χ2v) is 8.35. The molecule has 1 saturated heterocycles. The van der Waals surface area contributed by atoms with Crippen LogP contribution in [0.25, 0.3) is 0 Å². The normalized spacial score (nSPS) is 21.0. The number of nitrogens with one attached hydrogen (secondary N) is 1. The number of amides is 2. The van der Waals surface area contributed by atoms with Crippen LogP contribution in [0.2, 0.25) is 0 Å². The van der Waals surface area contributed by atoms with E-state index in [2.05, 4.69) is 20.6 Å². The predicted molar refractivity (Wildman–Crippen MR) is 48.7 cm³/mol. The molecule has 0 bridgehead atoms. The van der Waals surface area contributed by atoms with E-state index in [1.54, 1.807) is 6.92 Å². The predicted octanol–water partition coefficient (Wildman–Crippen LogP) is -0.742. The molecule has 7 heteroatoms. The van der Waals surface area contributed by atoms with Crippen LogP contribution in [-0.2, 0) is 0 Å². The van der Waals surface area contributed by atoms with Gasteiger partial charge in [0.1, 0.15) is 0 Å². The highest BCUT2D eigenvalue weighted by molar-refractivity contribution is 9.25. The summed E-state index contributed by atoms with van der Waals surface area (Å²) in [5.41, 5.74) is -0.528. The second kappa shape index (κ2) is 3.33. The highest BCUT2D eigenvalue weighted by Crippen LogP contribution is 2.16. The first-order chi connectivity index (χ1) is 5.43. The Hall–Kier alpha value is -0.113. The van der Waals surface area contributed by atoms with Crippen molar-refractivity contribution < 1.29 is 14.4 Å². The number of nitrogens with zero attached hydrogens (tertiary/aromatic N) is 1. The number of hydrogen-bond donors (Lipinski definition) is 3. The third-order valence-electron chi connectivity index (χ3n) is 1.89. The minimum atomic E-state index is -3.39. The third-order valence-corrected chi connectivity index (χ3v) is 5.25. The highest BCUT2D eigenvalue weighted by atomic mass is 79.9. The zero-order valence-electron chi connectivity index (χ0n) is 6.62. The van der Waals surface area contributed by atoms with E-state index in [1.807, 2.05) is 0 Å². The SMILES string of the molecule is CC(N1CCNC1=O)[Si](O)(O)Br. The molecule has 2 amide bonds. The van der Waals surface area contributed by atoms with Crippen molar-refractivity contribution in [2.45, 2.75) is 12.6 Å². The van der Waals surface area contributed by atoms with Gasteiger partial charge < -0.3 is 19.8 Å². The van der Waals surface area contributed by atoms with Crippen LogP contribution in [0.3, 0.4) is 0 Å². The number of rotatable bonds is 2. The first-order valence-electron chi connectivity index (χ1n) is 3.61. The molecule has 0 aromatic carbocycles. The first kappa shape index (κ1) is 9.97. The number of urea groups is 1. The molecule has 1 rings (SSSR count). The van der Waals surface area contributed by atoms with Gasteiger partial charge in [-0.05, 0) is 6.92 Å². The van der Waals surface area contributed by atoms with Gasteiger partial charge >= 0.3 is 13.2 Å². The Bertz CT molecular complexity index is 196. The fourth-order valence-corrected chi connectivity index (χ4v) is 2.44. The Balaban J connectivity index is 2.63. The van der Waals surface area contributed by atoms with Crippen LogP contribution in [0.4, 0.5) is 4.79 Å². The molecule has 1 unspecified atom stereocenters. The van der Waals surface area contributed by atoms with Gasteiger partial charge in [-0.1, -0.05) is 15.3 Å². The summed E-state index contributed by atoms with van der Waals surface area (Å²) < 4.78 is 0. The molecule has 1 heterocycles. The van der Waals surface area contributed by atoms with Crippen LogP contribution < -0.4 is 5.32 Å². The quantitative estimate of drug-likeness (QED) is 0.449. The van der Waals surface area contributed by atoms with E-state index >= 15 is 0 Å². The van der Waals surface area contributed by atoms with Gasteiger partial charge in [0.25, 0.3) is 0 Å². The summed E-state index contributed by atoms with van der Waals surface area (Å²) in [6.45, 7) is 2.72. The number of hydrogen-bond acceptors (Lipinski definition) is 3. The van der Waals surface area contributed by atoms with Crippen LogP contribution in [0.15, 0.2) is 0 Å². The van der Waals surface area contributed by atoms with E-state index in [-0.39, 0.29) is 6.03 Å². The molecule has 0 spiro atoms. The molecule has 12 heavy (non-hydrogen) atoms. The molecule has 0 aromatic rings. The van der Waals surface area contributed by atoms with Crippen molar-refractivity contribution in [3.05, 3.63) is 0 Å². The van der Waals surface area contributed by atoms with Gasteiger partial charge in [0, 0.05) is 13.1 Å². The van der Waals surface area contributed by atoms with Crippen LogP contribution in [-0.4, -0.2) is 46.5 Å². The van der Waals surface area contributed by atoms with Gasteiger partial charge in [-0.3, -0.25) is 0 Å². The van der Waals surface area contributed by atoms with Crippen molar-refractivity contribution in [2.75, 3.05) is 13.1 Å². The summed E-state index contributed by atoms with van der Waals surface area (Å²) in [7, 11) is -3.39. The molecule has 5 nitrogen and oxygen atoms in total. The molecule has 70 valence electrons. The van der Waals surface area contributed by atoms with E-state index < -0.39 is 12.8 Å². The lowest BCUT2D eigenvalue weighted by atomic mass is 10.6. The van der Waals surface area contributed by atoms with Gasteiger partial charge in [-0.15, -0.1) is 0 Å². The van der Waals surface area contributed by atoms with Gasteiger partial charge in [0.05, 0.1) is 5.67 Å². The second-order valence-electron chi connectivity index (χ2n) is 2.74. The minimum absolute atomic E-state index is 0.234. The minimum Gasteiger partial charge on any atom is -0.402 e. The summed E-state index contributed by atoms with van der Waals surface area (Å²) in [5, 5.41) is 2.59. The molecule has 0 aromatic heterocycles. The van der Waals surface area contributed by atoms with Gasteiger partial charge in [0.15, 0.2) is 0 Å². The van der Waals surface area contributed by atoms with E-state index in [0.29, 0.717) is 13.1 Å². The average Bonchev–Trinajstić information content (AvgIpc) is 2.31. The van der Waals surface area contributed by atoms with E-state index in [4.69, 9.17) is 0 Å². The molecule has 1 atom stereocenters. The third kappa shape index (κ3) is 1.97. The average molecular weight is 255 g/mol. The summed E-state index contributed by atoms with van der Waals surface area (Å²) in [5.74, 6) is 0. The standard InChI is InChI=1S/C5H11BrN2O3Si/c1-4(12(6,10)11)8-3-2-7-5(8)9/h4,10-11H,2-3H2,1H3,(H,7,9). The summed E-state index contributed by atoms with van der Waals surface area (Å²) in [4.78, 5) is 31.0. The summed E-state index contributed by atoms with van der Waals surface area (Å²) >= 11 is 2.81. The lowest BCUT2D eigenvalue weighted by Gasteiger charge is -2.27. The fourth-order valence-electron chi connectivity index (χ4n) is 1.05. The van der Waals surface area contributed by atoms with Crippen LogP contribution in [0.5, 0.6) is 0 Å². The molecule has 1 aliphatic heterocycles. The Morgan fingerprint density at radius 1 is 1.75 bits per heavy atom. The molecule has 0 radical (unpaired) electrons. The van der Waals surface area contributed by atoms with Crippen molar-refractivity contribution in [3.63, 3.8) is 0 Å². The van der Waals surface area contributed by atoms with Gasteiger partial charge in [-0.2, -0.15) is 0 Å². The Labute approximate surface area is 79.2 Å². The van der Waals surface area contributed by atoms with Crippen LogP contribution in [0, 0.1) is 0 Å². The maximum Gasteiger partial charge on any atom is 0.432 e. The molecular weight excluding hydrogens is 244 g/mol. The molecule has 3 N–H and O–H groups in total. The van der Waals surface area contributed by atoms with Crippen molar-refractivity contribution >= 4 is 28.5 Å². The zero-order chi connectivity index (χ0) is 9.35. The molecule has 1 aliphatic rings. The largest absolute Gasteiger partial charge is 0.432 e. The van der Waals surface area contributed by atoms with Gasteiger partial charge in [-0.25, -0.2) is 4.79 Å². The topological polar surface area (TPSA) is 72.8 Å². The first-order valence-corrected chi connectivity index (χ1v) is 7.84. The smallest absolute Gasteiger partial charge is 0.402 e. The van der Waals surface area contributed by atoms with E-state index in [9.17, 15) is 14.4 Å². The lowest BCUT2D eigenvalue weighted by molar-refractivity contribution is 0.204. The summed E-state index contributed by atoms with van der Waals surface area (Å²) in [6, 6.07) is -0.234. The Morgan fingerprint density at radius 3 is 2.67 bits per heavy atom. The molecular formula is C5H11BrN2O3Si. The molecule has 0 aliphatic carbocycles. The molecule has 0 saturated carbocycles. The van der Waals surface area contributed by atoms with Crippen molar-refractivity contribution in [3.8, 4) is 0 Å². The van der Waals surface area contributed by atoms with Crippen molar-refractivity contribution in [2.24, 2.45) is 0 Å². The van der Waals surface area contributed by atoms with Crippen molar-refractivity contribution in [1.29, 1.82) is 0 Å². The Kier molecular flexibility index (Phi) is 2.76. The van der Waals surface area contributed by atoms with Crippen molar-refractivity contribution in [1.82, 2.24) is 10.2 Å². The number of halogens is 1. The van der Waals surface area contributed by atoms with E-state index in [0.717, 1.165) is 0 Å².